The van der Waals surface area contributed by atoms with E-state index in [2.05, 4.69) is 0 Å². The smallest absolute Gasteiger partial charge is 0.151 e. The van der Waals surface area contributed by atoms with Gasteiger partial charge >= 0.3 is 0 Å². The first-order valence-corrected chi connectivity index (χ1v) is 7.16. The molecule has 1 fully saturated rings. The number of carbonyl (C=O) groups is 1. The van der Waals surface area contributed by atoms with E-state index >= 15 is 0 Å². The SMILES string of the molecule is CN(CCOCC1CC1)CC(=O)Cc1ccc(F)cc1. The zero-order valence-electron chi connectivity index (χ0n) is 12.0. The molecule has 0 radical (unpaired) electrons. The molecule has 1 aliphatic rings. The predicted octanol–water partition coefficient (Wildman–Crippen LogP) is 2.30. The lowest BCUT2D eigenvalue weighted by atomic mass is 10.1. The molecule has 0 N–H and O–H groups in total. The molecule has 0 unspecified atom stereocenters. The van der Waals surface area contributed by atoms with Crippen molar-refractivity contribution in [1.29, 1.82) is 0 Å². The van der Waals surface area contributed by atoms with Crippen molar-refractivity contribution in [2.24, 2.45) is 5.92 Å². The van der Waals surface area contributed by atoms with Crippen molar-refractivity contribution in [2.45, 2.75) is 19.3 Å². The second kappa shape index (κ2) is 7.50. The zero-order chi connectivity index (χ0) is 14.4. The molecule has 1 aromatic rings. The largest absolute Gasteiger partial charge is 0.380 e. The van der Waals surface area contributed by atoms with Gasteiger partial charge in [-0.25, -0.2) is 4.39 Å². The van der Waals surface area contributed by atoms with Gasteiger partial charge in [0, 0.05) is 19.6 Å². The van der Waals surface area contributed by atoms with Crippen LogP contribution in [0, 0.1) is 11.7 Å². The Balaban J connectivity index is 1.61. The summed E-state index contributed by atoms with van der Waals surface area (Å²) in [7, 11) is 1.92. The van der Waals surface area contributed by atoms with Crippen LogP contribution in [0.2, 0.25) is 0 Å². The van der Waals surface area contributed by atoms with E-state index < -0.39 is 0 Å². The number of ether oxygens (including phenoxy) is 1. The molecular formula is C16H22FNO2. The summed E-state index contributed by atoms with van der Waals surface area (Å²) in [6.07, 6.45) is 2.95. The second-order valence-corrected chi connectivity index (χ2v) is 5.60. The van der Waals surface area contributed by atoms with Crippen molar-refractivity contribution in [3.8, 4) is 0 Å². The van der Waals surface area contributed by atoms with Crippen LogP contribution < -0.4 is 0 Å². The van der Waals surface area contributed by atoms with E-state index in [1.54, 1.807) is 12.1 Å². The predicted molar refractivity (Wildman–Crippen MR) is 76.2 cm³/mol. The summed E-state index contributed by atoms with van der Waals surface area (Å²) in [4.78, 5) is 13.9. The van der Waals surface area contributed by atoms with Gasteiger partial charge in [0.05, 0.1) is 13.2 Å². The molecule has 1 aliphatic carbocycles. The lowest BCUT2D eigenvalue weighted by Crippen LogP contribution is -2.30. The minimum atomic E-state index is -0.272. The van der Waals surface area contributed by atoms with E-state index in [9.17, 15) is 9.18 Å². The standard InChI is InChI=1S/C16H22FNO2/c1-18(8-9-20-12-14-2-3-14)11-16(19)10-13-4-6-15(17)7-5-13/h4-7,14H,2-3,8-12H2,1H3. The third-order valence-electron chi connectivity index (χ3n) is 3.43. The Morgan fingerprint density at radius 2 is 2.05 bits per heavy atom. The number of rotatable bonds is 9. The average Bonchev–Trinajstić information content (AvgIpc) is 3.21. The Labute approximate surface area is 119 Å². The summed E-state index contributed by atoms with van der Waals surface area (Å²) < 4.78 is 18.3. The summed E-state index contributed by atoms with van der Waals surface area (Å²) in [5.41, 5.74) is 0.856. The third kappa shape index (κ3) is 5.80. The maximum atomic E-state index is 12.8. The summed E-state index contributed by atoms with van der Waals surface area (Å²) in [5.74, 6) is 0.646. The van der Waals surface area contributed by atoms with Gasteiger partial charge in [-0.05, 0) is 43.5 Å². The number of ketones is 1. The molecule has 0 atom stereocenters. The molecule has 0 bridgehead atoms. The maximum Gasteiger partial charge on any atom is 0.151 e. The van der Waals surface area contributed by atoms with Crippen molar-refractivity contribution in [1.82, 2.24) is 4.90 Å². The van der Waals surface area contributed by atoms with Crippen molar-refractivity contribution < 1.29 is 13.9 Å². The number of hydrogen-bond acceptors (Lipinski definition) is 3. The number of likely N-dealkylation sites (N-methyl/N-ethyl adjacent to an activating group) is 1. The van der Waals surface area contributed by atoms with E-state index in [-0.39, 0.29) is 11.6 Å². The molecule has 4 heteroatoms. The molecule has 20 heavy (non-hydrogen) atoms. The normalized spacial score (nSPS) is 14.8. The Bertz CT molecular complexity index is 429. The molecule has 0 heterocycles. The van der Waals surface area contributed by atoms with Gasteiger partial charge in [0.25, 0.3) is 0 Å². The number of nitrogens with zero attached hydrogens (tertiary/aromatic N) is 1. The first kappa shape index (κ1) is 15.1. The molecule has 3 nitrogen and oxygen atoms in total. The lowest BCUT2D eigenvalue weighted by molar-refractivity contribution is -0.119. The van der Waals surface area contributed by atoms with E-state index in [0.29, 0.717) is 19.6 Å². The number of carbonyl (C=O) groups excluding carboxylic acids is 1. The summed E-state index contributed by atoms with van der Waals surface area (Å²) >= 11 is 0. The van der Waals surface area contributed by atoms with Gasteiger partial charge in [-0.2, -0.15) is 0 Å². The molecule has 1 saturated carbocycles. The van der Waals surface area contributed by atoms with Crippen molar-refractivity contribution >= 4 is 5.78 Å². The van der Waals surface area contributed by atoms with Gasteiger partial charge in [-0.15, -0.1) is 0 Å². The lowest BCUT2D eigenvalue weighted by Gasteiger charge is -2.15. The highest BCUT2D eigenvalue weighted by atomic mass is 19.1. The van der Waals surface area contributed by atoms with Crippen LogP contribution in [0.25, 0.3) is 0 Å². The summed E-state index contributed by atoms with van der Waals surface area (Å²) in [6.45, 7) is 2.71. The summed E-state index contributed by atoms with van der Waals surface area (Å²) in [5, 5.41) is 0. The molecule has 0 aromatic heterocycles. The molecular weight excluding hydrogens is 257 g/mol. The van der Waals surface area contributed by atoms with Crippen molar-refractivity contribution in [3.63, 3.8) is 0 Å². The second-order valence-electron chi connectivity index (χ2n) is 5.60. The molecule has 0 spiro atoms. The fraction of sp³-hybridized carbons (Fsp3) is 0.562. The van der Waals surface area contributed by atoms with Crippen LogP contribution in [0.4, 0.5) is 4.39 Å². The monoisotopic (exact) mass is 279 g/mol. The van der Waals surface area contributed by atoms with E-state index in [4.69, 9.17) is 4.74 Å². The topological polar surface area (TPSA) is 29.5 Å². The Kier molecular flexibility index (Phi) is 5.68. The highest BCUT2D eigenvalue weighted by Crippen LogP contribution is 2.28. The third-order valence-corrected chi connectivity index (χ3v) is 3.43. The van der Waals surface area contributed by atoms with Crippen LogP contribution >= 0.6 is 0 Å². The zero-order valence-corrected chi connectivity index (χ0v) is 12.0. The minimum Gasteiger partial charge on any atom is -0.380 e. The molecule has 0 aliphatic heterocycles. The fourth-order valence-electron chi connectivity index (χ4n) is 2.02. The van der Waals surface area contributed by atoms with Gasteiger partial charge in [0.2, 0.25) is 0 Å². The van der Waals surface area contributed by atoms with Crippen molar-refractivity contribution in [2.75, 3.05) is 33.4 Å². The quantitative estimate of drug-likeness (QED) is 0.650. The van der Waals surface area contributed by atoms with Gasteiger partial charge < -0.3 is 4.74 Å². The van der Waals surface area contributed by atoms with E-state index in [1.165, 1.54) is 25.0 Å². The van der Waals surface area contributed by atoms with Gasteiger partial charge in [0.15, 0.2) is 5.78 Å². The van der Waals surface area contributed by atoms with Crippen LogP contribution in [-0.4, -0.2) is 44.0 Å². The van der Waals surface area contributed by atoms with Crippen LogP contribution in [0.5, 0.6) is 0 Å². The number of halogens is 1. The van der Waals surface area contributed by atoms with Gasteiger partial charge in [0.1, 0.15) is 5.82 Å². The molecule has 110 valence electrons. The van der Waals surface area contributed by atoms with Crippen molar-refractivity contribution in [3.05, 3.63) is 35.6 Å². The molecule has 0 saturated heterocycles. The van der Waals surface area contributed by atoms with E-state index in [1.807, 2.05) is 11.9 Å². The minimum absolute atomic E-state index is 0.140. The molecule has 1 aromatic carbocycles. The summed E-state index contributed by atoms with van der Waals surface area (Å²) in [6, 6.07) is 6.09. The van der Waals surface area contributed by atoms with E-state index in [0.717, 1.165) is 24.6 Å². The Hall–Kier alpha value is -1.26. The van der Waals surface area contributed by atoms with Gasteiger partial charge in [-0.1, -0.05) is 12.1 Å². The Morgan fingerprint density at radius 1 is 1.35 bits per heavy atom. The van der Waals surface area contributed by atoms with Gasteiger partial charge in [-0.3, -0.25) is 9.69 Å². The van der Waals surface area contributed by atoms with Crippen LogP contribution in [-0.2, 0) is 16.0 Å². The number of Topliss-reactive ketones (excluding diaryl/α,β-unsaturated/α-hetero) is 1. The molecule has 2 rings (SSSR count). The highest BCUT2D eigenvalue weighted by Gasteiger charge is 2.21. The Morgan fingerprint density at radius 3 is 2.70 bits per heavy atom. The van der Waals surface area contributed by atoms with Crippen LogP contribution in [0.3, 0.4) is 0 Å². The van der Waals surface area contributed by atoms with Crippen LogP contribution in [0.1, 0.15) is 18.4 Å². The fourth-order valence-corrected chi connectivity index (χ4v) is 2.02. The highest BCUT2D eigenvalue weighted by molar-refractivity contribution is 5.82. The first-order chi connectivity index (χ1) is 9.63. The van der Waals surface area contributed by atoms with Crippen LogP contribution in [0.15, 0.2) is 24.3 Å². The first-order valence-electron chi connectivity index (χ1n) is 7.16. The maximum absolute atomic E-state index is 12.8. The number of benzene rings is 1. The molecule has 0 amide bonds. The number of hydrogen-bond donors (Lipinski definition) is 0. The average molecular weight is 279 g/mol.